The maximum Gasteiger partial charge on any atom is 0.263 e. The number of nitrogens with one attached hydrogen (secondary N) is 1. The molecule has 2 heterocycles. The van der Waals surface area contributed by atoms with E-state index < -0.39 is 0 Å². The van der Waals surface area contributed by atoms with Crippen molar-refractivity contribution in [1.82, 2.24) is 15.2 Å². The topological polar surface area (TPSA) is 62.3 Å². The van der Waals surface area contributed by atoms with Crippen molar-refractivity contribution < 1.29 is 9.59 Å². The van der Waals surface area contributed by atoms with E-state index in [1.165, 1.54) is 12.3 Å². The molecule has 5 nitrogen and oxygen atoms in total. The number of aromatic nitrogens is 1. The number of amides is 2. The monoisotopic (exact) mass is 327 g/mol. The summed E-state index contributed by atoms with van der Waals surface area (Å²) in [4.78, 5) is 30.0. The lowest BCUT2D eigenvalue weighted by Crippen LogP contribution is -2.56. The van der Waals surface area contributed by atoms with Gasteiger partial charge in [-0.25, -0.2) is 4.98 Å². The van der Waals surface area contributed by atoms with Crippen LogP contribution in [0.15, 0.2) is 18.9 Å². The van der Waals surface area contributed by atoms with Gasteiger partial charge in [0.1, 0.15) is 4.88 Å². The maximum atomic E-state index is 12.2. The number of thiazole rings is 1. The summed E-state index contributed by atoms with van der Waals surface area (Å²) in [5.41, 5.74) is -0.207. The van der Waals surface area contributed by atoms with Gasteiger partial charge in [-0.2, -0.15) is 0 Å². The number of piperidine rings is 1. The van der Waals surface area contributed by atoms with Gasteiger partial charge in [-0.1, -0.05) is 43.4 Å². The van der Waals surface area contributed by atoms with Crippen molar-refractivity contribution in [2.24, 2.45) is 5.41 Å². The summed E-state index contributed by atoms with van der Waals surface area (Å²) < 4.78 is 0.353. The highest BCUT2D eigenvalue weighted by Crippen LogP contribution is 2.30. The summed E-state index contributed by atoms with van der Waals surface area (Å²) in [6.45, 7) is 8.80. The second kappa shape index (κ2) is 6.15. The number of likely N-dealkylation sites (tertiary alicyclic amines) is 1. The predicted octanol–water partition coefficient (Wildman–Crippen LogP) is 2.34. The Hall–Kier alpha value is -1.40. The molecule has 1 aromatic rings. The van der Waals surface area contributed by atoms with E-state index in [9.17, 15) is 9.59 Å². The van der Waals surface area contributed by atoms with Gasteiger partial charge in [-0.05, 0) is 12.5 Å². The minimum absolute atomic E-state index is 0.000240. The Morgan fingerprint density at radius 3 is 2.86 bits per heavy atom. The van der Waals surface area contributed by atoms with Crippen LogP contribution in [-0.2, 0) is 4.79 Å². The highest BCUT2D eigenvalue weighted by atomic mass is 35.5. The van der Waals surface area contributed by atoms with Gasteiger partial charge in [0.15, 0.2) is 4.47 Å². The summed E-state index contributed by atoms with van der Waals surface area (Å²) in [6.07, 6.45) is 3.52. The molecule has 0 spiro atoms. The number of rotatable bonds is 3. The van der Waals surface area contributed by atoms with E-state index in [0.29, 0.717) is 28.9 Å². The Balaban J connectivity index is 2.03. The number of carbonyl (C=O) groups excluding carboxylic acids is 2. The van der Waals surface area contributed by atoms with E-state index in [-0.39, 0.29) is 23.3 Å². The second-order valence-electron chi connectivity index (χ2n) is 5.74. The van der Waals surface area contributed by atoms with Crippen LogP contribution in [0.3, 0.4) is 0 Å². The quantitative estimate of drug-likeness (QED) is 0.867. The normalized spacial score (nSPS) is 20.9. The average molecular weight is 328 g/mol. The molecule has 1 unspecified atom stereocenters. The number of hydrogen-bond acceptors (Lipinski definition) is 4. The van der Waals surface area contributed by atoms with E-state index in [1.807, 2.05) is 13.8 Å². The summed E-state index contributed by atoms with van der Waals surface area (Å²) in [5, 5.41) is 3.03. The van der Waals surface area contributed by atoms with E-state index >= 15 is 0 Å². The second-order valence-corrected chi connectivity index (χ2v) is 7.36. The van der Waals surface area contributed by atoms with Gasteiger partial charge in [0, 0.05) is 24.5 Å². The fourth-order valence-electron chi connectivity index (χ4n) is 2.53. The van der Waals surface area contributed by atoms with Gasteiger partial charge >= 0.3 is 0 Å². The lowest BCUT2D eigenvalue weighted by molar-refractivity contribution is -0.129. The summed E-state index contributed by atoms with van der Waals surface area (Å²) in [6, 6.07) is -0.000240. The summed E-state index contributed by atoms with van der Waals surface area (Å²) in [7, 11) is 0. The molecule has 1 aliphatic heterocycles. The minimum atomic E-state index is -0.207. The molecule has 1 aromatic heterocycles. The molecule has 2 amide bonds. The third-order valence-electron chi connectivity index (χ3n) is 3.72. The Morgan fingerprint density at radius 2 is 2.33 bits per heavy atom. The molecule has 1 atom stereocenters. The van der Waals surface area contributed by atoms with E-state index in [4.69, 9.17) is 11.6 Å². The van der Waals surface area contributed by atoms with Crippen LogP contribution in [0.25, 0.3) is 0 Å². The lowest BCUT2D eigenvalue weighted by atomic mass is 9.79. The first-order valence-corrected chi connectivity index (χ1v) is 7.86. The largest absolute Gasteiger partial charge is 0.348 e. The molecule has 7 heteroatoms. The van der Waals surface area contributed by atoms with Gasteiger partial charge in [-0.3, -0.25) is 9.59 Å². The number of hydrogen-bond donors (Lipinski definition) is 1. The zero-order valence-corrected chi connectivity index (χ0v) is 13.6. The van der Waals surface area contributed by atoms with Crippen LogP contribution in [0.2, 0.25) is 4.47 Å². The van der Waals surface area contributed by atoms with Gasteiger partial charge in [0.25, 0.3) is 5.91 Å². The van der Waals surface area contributed by atoms with E-state index in [1.54, 1.807) is 4.90 Å². The molecule has 0 aliphatic carbocycles. The average Bonchev–Trinajstić information content (AvgIpc) is 2.86. The maximum absolute atomic E-state index is 12.2. The molecule has 1 saturated heterocycles. The molecule has 1 fully saturated rings. The molecular weight excluding hydrogens is 310 g/mol. The van der Waals surface area contributed by atoms with Crippen LogP contribution in [0.1, 0.15) is 29.9 Å². The van der Waals surface area contributed by atoms with Crippen molar-refractivity contribution in [2.75, 3.05) is 13.1 Å². The van der Waals surface area contributed by atoms with Gasteiger partial charge in [-0.15, -0.1) is 0 Å². The molecular formula is C14H18ClN3O2S. The highest BCUT2D eigenvalue weighted by Gasteiger charge is 2.38. The smallest absolute Gasteiger partial charge is 0.263 e. The first-order valence-electron chi connectivity index (χ1n) is 6.67. The van der Waals surface area contributed by atoms with Crippen molar-refractivity contribution in [3.8, 4) is 0 Å². The molecule has 1 aliphatic rings. The molecule has 1 N–H and O–H groups in total. The third kappa shape index (κ3) is 3.63. The van der Waals surface area contributed by atoms with E-state index in [0.717, 1.165) is 11.3 Å². The van der Waals surface area contributed by atoms with Gasteiger partial charge in [0.2, 0.25) is 5.91 Å². The van der Waals surface area contributed by atoms with Crippen LogP contribution in [0, 0.1) is 5.41 Å². The molecule has 0 radical (unpaired) electrons. The predicted molar refractivity (Wildman–Crippen MR) is 83.6 cm³/mol. The Morgan fingerprint density at radius 1 is 1.62 bits per heavy atom. The Labute approximate surface area is 133 Å². The first-order chi connectivity index (χ1) is 9.83. The summed E-state index contributed by atoms with van der Waals surface area (Å²) in [5.74, 6) is -0.233. The molecule has 0 saturated carbocycles. The molecule has 114 valence electrons. The zero-order valence-electron chi connectivity index (χ0n) is 12.1. The Bertz CT molecular complexity index is 570. The fourth-order valence-corrected chi connectivity index (χ4v) is 3.37. The number of carbonyl (C=O) groups is 2. The lowest BCUT2D eigenvalue weighted by Gasteiger charge is -2.44. The minimum Gasteiger partial charge on any atom is -0.348 e. The SMILES string of the molecule is C=CC(=O)N1CCC(NC(=O)c2cnc(Cl)s2)C(C)(C)C1. The van der Waals surface area contributed by atoms with Crippen molar-refractivity contribution in [2.45, 2.75) is 26.3 Å². The first kappa shape index (κ1) is 16.0. The van der Waals surface area contributed by atoms with E-state index in [2.05, 4.69) is 16.9 Å². The van der Waals surface area contributed by atoms with Crippen LogP contribution >= 0.6 is 22.9 Å². The Kier molecular flexibility index (Phi) is 4.68. The van der Waals surface area contributed by atoms with Crippen molar-refractivity contribution in [3.05, 3.63) is 28.2 Å². The third-order valence-corrected chi connectivity index (χ3v) is 4.84. The van der Waals surface area contributed by atoms with Crippen LogP contribution in [0.4, 0.5) is 0 Å². The number of halogens is 1. The van der Waals surface area contributed by atoms with Gasteiger partial charge < -0.3 is 10.2 Å². The van der Waals surface area contributed by atoms with Crippen LogP contribution in [-0.4, -0.2) is 40.8 Å². The fraction of sp³-hybridized carbons (Fsp3) is 0.500. The van der Waals surface area contributed by atoms with Crippen LogP contribution in [0.5, 0.6) is 0 Å². The zero-order chi connectivity index (χ0) is 15.6. The molecule has 2 rings (SSSR count). The summed E-state index contributed by atoms with van der Waals surface area (Å²) >= 11 is 6.91. The van der Waals surface area contributed by atoms with Crippen molar-refractivity contribution >= 4 is 34.8 Å². The van der Waals surface area contributed by atoms with Crippen molar-refractivity contribution in [1.29, 1.82) is 0 Å². The number of nitrogens with zero attached hydrogens (tertiary/aromatic N) is 2. The highest BCUT2D eigenvalue weighted by molar-refractivity contribution is 7.17. The molecule has 21 heavy (non-hydrogen) atoms. The van der Waals surface area contributed by atoms with Crippen LogP contribution < -0.4 is 5.32 Å². The standard InChI is InChI=1S/C14H18ClN3O2S/c1-4-11(19)18-6-5-10(14(2,3)8-18)17-12(20)9-7-16-13(15)21-9/h4,7,10H,1,5-6,8H2,2-3H3,(H,17,20). The molecule has 0 bridgehead atoms. The molecule has 0 aromatic carbocycles. The van der Waals surface area contributed by atoms with Crippen molar-refractivity contribution in [3.63, 3.8) is 0 Å². The van der Waals surface area contributed by atoms with Gasteiger partial charge in [0.05, 0.1) is 6.20 Å².